The first-order chi connectivity index (χ1) is 6.22. The van der Waals surface area contributed by atoms with Crippen molar-refractivity contribution in [3.63, 3.8) is 0 Å². The molecule has 0 spiro atoms. The van der Waals surface area contributed by atoms with Crippen molar-refractivity contribution >= 4 is 0 Å². The Bertz CT molecular complexity index is 266. The van der Waals surface area contributed by atoms with Crippen molar-refractivity contribution in [1.29, 1.82) is 0 Å². The molecule has 0 aliphatic rings. The van der Waals surface area contributed by atoms with Gasteiger partial charge in [0.2, 0.25) is 0 Å². The minimum absolute atomic E-state index is 0.444. The molecule has 0 saturated heterocycles. The summed E-state index contributed by atoms with van der Waals surface area (Å²) in [4.78, 5) is 0. The van der Waals surface area contributed by atoms with Crippen molar-refractivity contribution in [2.75, 3.05) is 0 Å². The Hall–Kier alpha value is -1.16. The highest BCUT2D eigenvalue weighted by Crippen LogP contribution is 1.95. The van der Waals surface area contributed by atoms with E-state index >= 15 is 0 Å². The number of hydrogen-bond acceptors (Lipinski definition) is 3. The van der Waals surface area contributed by atoms with Crippen molar-refractivity contribution in [3.05, 3.63) is 24.5 Å². The second-order valence-electron chi connectivity index (χ2n) is 3.19. The molecule has 0 radical (unpaired) electrons. The predicted molar refractivity (Wildman–Crippen MR) is 52.1 cm³/mol. The predicted octanol–water partition coefficient (Wildman–Crippen LogP) is 0.869. The lowest BCUT2D eigenvalue weighted by atomic mass is 10.2. The molecule has 72 valence electrons. The third-order valence-corrected chi connectivity index (χ3v) is 1.80. The molecule has 0 saturated carbocycles. The van der Waals surface area contributed by atoms with Gasteiger partial charge in [-0.05, 0) is 13.3 Å². The van der Waals surface area contributed by atoms with Gasteiger partial charge in [-0.1, -0.05) is 11.3 Å². The molecule has 0 aliphatic carbocycles. The number of hydrogen-bond donors (Lipinski definition) is 1. The summed E-state index contributed by atoms with van der Waals surface area (Å²) < 4.78 is 1.70. The van der Waals surface area contributed by atoms with Gasteiger partial charge in [-0.2, -0.15) is 0 Å². The van der Waals surface area contributed by atoms with Gasteiger partial charge in [-0.25, -0.2) is 0 Å². The molecule has 13 heavy (non-hydrogen) atoms. The number of aryl methyl sites for hydroxylation is 1. The standard InChI is InChI=1S/C9H16N4/c1-4-5-8(2)10-6-9-7-13(3)12-11-9/h4,7-8,10H,1,5-6H2,2-3H3. The highest BCUT2D eigenvalue weighted by atomic mass is 15.4. The lowest BCUT2D eigenvalue weighted by Crippen LogP contribution is -2.24. The molecule has 1 rings (SSSR count). The summed E-state index contributed by atoms with van der Waals surface area (Å²) in [5.74, 6) is 0. The summed E-state index contributed by atoms with van der Waals surface area (Å²) in [6, 6.07) is 0.444. The zero-order valence-electron chi connectivity index (χ0n) is 8.20. The molecular weight excluding hydrogens is 164 g/mol. The number of aromatic nitrogens is 3. The van der Waals surface area contributed by atoms with Gasteiger partial charge >= 0.3 is 0 Å². The summed E-state index contributed by atoms with van der Waals surface area (Å²) in [5.41, 5.74) is 0.971. The topological polar surface area (TPSA) is 42.7 Å². The molecule has 1 unspecified atom stereocenters. The van der Waals surface area contributed by atoms with E-state index in [2.05, 4.69) is 29.1 Å². The fraction of sp³-hybridized carbons (Fsp3) is 0.556. The molecule has 0 aliphatic heterocycles. The smallest absolute Gasteiger partial charge is 0.0964 e. The molecule has 0 fully saturated rings. The summed E-state index contributed by atoms with van der Waals surface area (Å²) in [6.45, 7) is 6.58. The van der Waals surface area contributed by atoms with Crippen molar-refractivity contribution < 1.29 is 0 Å². The maximum Gasteiger partial charge on any atom is 0.0964 e. The van der Waals surface area contributed by atoms with Crippen LogP contribution in [0.25, 0.3) is 0 Å². The van der Waals surface area contributed by atoms with E-state index in [1.807, 2.05) is 19.3 Å². The Morgan fingerprint density at radius 1 is 1.77 bits per heavy atom. The maximum atomic E-state index is 3.97. The molecule has 0 amide bonds. The van der Waals surface area contributed by atoms with Gasteiger partial charge in [0.15, 0.2) is 0 Å². The van der Waals surface area contributed by atoms with Crippen LogP contribution < -0.4 is 5.32 Å². The average Bonchev–Trinajstić information content (AvgIpc) is 2.49. The third-order valence-electron chi connectivity index (χ3n) is 1.80. The van der Waals surface area contributed by atoms with Crippen LogP contribution in [0.4, 0.5) is 0 Å². The first-order valence-electron chi connectivity index (χ1n) is 4.42. The van der Waals surface area contributed by atoms with Gasteiger partial charge in [0.05, 0.1) is 5.69 Å². The summed E-state index contributed by atoms with van der Waals surface area (Å²) in [6.07, 6.45) is 4.79. The molecular formula is C9H16N4. The summed E-state index contributed by atoms with van der Waals surface area (Å²) >= 11 is 0. The Morgan fingerprint density at radius 2 is 2.54 bits per heavy atom. The van der Waals surface area contributed by atoms with Crippen LogP contribution in [0, 0.1) is 0 Å². The Balaban J connectivity index is 2.30. The minimum Gasteiger partial charge on any atom is -0.308 e. The van der Waals surface area contributed by atoms with Gasteiger partial charge in [0.25, 0.3) is 0 Å². The van der Waals surface area contributed by atoms with Crippen LogP contribution in [0.1, 0.15) is 19.0 Å². The van der Waals surface area contributed by atoms with Crippen LogP contribution in [0.15, 0.2) is 18.9 Å². The van der Waals surface area contributed by atoms with Crippen molar-refractivity contribution in [2.24, 2.45) is 7.05 Å². The number of nitrogens with zero attached hydrogens (tertiary/aromatic N) is 3. The summed E-state index contributed by atoms with van der Waals surface area (Å²) in [5, 5.41) is 11.1. The molecule has 1 N–H and O–H groups in total. The molecule has 4 nitrogen and oxygen atoms in total. The van der Waals surface area contributed by atoms with E-state index in [9.17, 15) is 0 Å². The van der Waals surface area contributed by atoms with Crippen LogP contribution in [0.5, 0.6) is 0 Å². The Kier molecular flexibility index (Phi) is 3.64. The van der Waals surface area contributed by atoms with E-state index in [1.54, 1.807) is 4.68 Å². The molecule has 1 aromatic heterocycles. The van der Waals surface area contributed by atoms with Crippen molar-refractivity contribution in [1.82, 2.24) is 20.3 Å². The average molecular weight is 180 g/mol. The van der Waals surface area contributed by atoms with Gasteiger partial charge < -0.3 is 5.32 Å². The first kappa shape index (κ1) is 9.92. The zero-order valence-corrected chi connectivity index (χ0v) is 8.20. The van der Waals surface area contributed by atoms with Gasteiger partial charge in [0.1, 0.15) is 0 Å². The third kappa shape index (κ3) is 3.38. The fourth-order valence-corrected chi connectivity index (χ4v) is 1.09. The monoisotopic (exact) mass is 180 g/mol. The van der Waals surface area contributed by atoms with Gasteiger partial charge in [0, 0.05) is 25.8 Å². The van der Waals surface area contributed by atoms with Crippen molar-refractivity contribution in [2.45, 2.75) is 25.9 Å². The molecule has 1 heterocycles. The fourth-order valence-electron chi connectivity index (χ4n) is 1.09. The second kappa shape index (κ2) is 4.77. The number of rotatable bonds is 5. The molecule has 0 bridgehead atoms. The normalized spacial score (nSPS) is 12.8. The largest absolute Gasteiger partial charge is 0.308 e. The highest BCUT2D eigenvalue weighted by Gasteiger charge is 2.01. The van der Waals surface area contributed by atoms with Crippen molar-refractivity contribution in [3.8, 4) is 0 Å². The van der Waals surface area contributed by atoms with E-state index in [-0.39, 0.29) is 0 Å². The van der Waals surface area contributed by atoms with Gasteiger partial charge in [-0.3, -0.25) is 4.68 Å². The lowest BCUT2D eigenvalue weighted by Gasteiger charge is -2.08. The minimum atomic E-state index is 0.444. The summed E-state index contributed by atoms with van der Waals surface area (Å²) in [7, 11) is 1.86. The zero-order chi connectivity index (χ0) is 9.68. The molecule has 1 aromatic rings. The van der Waals surface area contributed by atoms with E-state index in [4.69, 9.17) is 0 Å². The maximum absolute atomic E-state index is 3.97. The van der Waals surface area contributed by atoms with E-state index in [1.165, 1.54) is 0 Å². The SMILES string of the molecule is C=CCC(C)NCc1cn(C)nn1. The van der Waals surface area contributed by atoms with Crippen LogP contribution >= 0.6 is 0 Å². The Labute approximate surface area is 78.6 Å². The second-order valence-corrected chi connectivity index (χ2v) is 3.19. The van der Waals surface area contributed by atoms with E-state index < -0.39 is 0 Å². The van der Waals surface area contributed by atoms with Gasteiger partial charge in [-0.15, -0.1) is 11.7 Å². The molecule has 4 heteroatoms. The Morgan fingerprint density at radius 3 is 3.08 bits per heavy atom. The molecule has 1 atom stereocenters. The highest BCUT2D eigenvalue weighted by molar-refractivity contribution is 4.91. The van der Waals surface area contributed by atoms with E-state index in [0.717, 1.165) is 18.7 Å². The molecule has 0 aromatic carbocycles. The van der Waals surface area contributed by atoms with Crippen LogP contribution in [-0.4, -0.2) is 21.0 Å². The van der Waals surface area contributed by atoms with Crippen LogP contribution in [0.3, 0.4) is 0 Å². The number of nitrogens with one attached hydrogen (secondary N) is 1. The van der Waals surface area contributed by atoms with E-state index in [0.29, 0.717) is 6.04 Å². The van der Waals surface area contributed by atoms with Crippen LogP contribution in [-0.2, 0) is 13.6 Å². The first-order valence-corrected chi connectivity index (χ1v) is 4.42. The van der Waals surface area contributed by atoms with Crippen LogP contribution in [0.2, 0.25) is 0 Å². The lowest BCUT2D eigenvalue weighted by molar-refractivity contribution is 0.547. The quantitative estimate of drug-likeness (QED) is 0.684.